The molecule has 0 radical (unpaired) electrons. The number of carbonyl (C=O) groups excluding carboxylic acids is 1. The van der Waals surface area contributed by atoms with Crippen LogP contribution in [0.25, 0.3) is 0 Å². The first-order valence-electron chi connectivity index (χ1n) is 7.02. The Labute approximate surface area is 123 Å². The molecule has 2 rings (SSSR count). The van der Waals surface area contributed by atoms with Gasteiger partial charge in [0.15, 0.2) is 0 Å². The third-order valence-electron chi connectivity index (χ3n) is 3.33. The van der Waals surface area contributed by atoms with E-state index in [-0.39, 0.29) is 18.9 Å². The van der Waals surface area contributed by atoms with Gasteiger partial charge in [-0.25, -0.2) is 0 Å². The van der Waals surface area contributed by atoms with Crippen molar-refractivity contribution >= 4 is 11.9 Å². The van der Waals surface area contributed by atoms with Crippen molar-refractivity contribution in [1.29, 1.82) is 0 Å². The summed E-state index contributed by atoms with van der Waals surface area (Å²) in [5.41, 5.74) is 1.20. The van der Waals surface area contributed by atoms with Gasteiger partial charge in [-0.05, 0) is 5.56 Å². The molecule has 1 heterocycles. The molecule has 1 aliphatic rings. The fraction of sp³-hybridized carbons (Fsp3) is 0.467. The average molecular weight is 292 g/mol. The van der Waals surface area contributed by atoms with Crippen LogP contribution in [0.5, 0.6) is 0 Å². The number of aliphatic carboxylic acids is 1. The van der Waals surface area contributed by atoms with Crippen LogP contribution < -0.4 is 5.32 Å². The van der Waals surface area contributed by atoms with E-state index in [1.165, 1.54) is 5.56 Å². The number of hydrogen-bond donors (Lipinski definition) is 2. The van der Waals surface area contributed by atoms with Crippen LogP contribution >= 0.6 is 0 Å². The van der Waals surface area contributed by atoms with Crippen molar-refractivity contribution < 1.29 is 19.4 Å². The van der Waals surface area contributed by atoms with Crippen molar-refractivity contribution in [3.05, 3.63) is 35.9 Å². The molecule has 0 aromatic heterocycles. The lowest BCUT2D eigenvalue weighted by atomic mass is 10.2. The monoisotopic (exact) mass is 292 g/mol. The Hall–Kier alpha value is -1.92. The van der Waals surface area contributed by atoms with Gasteiger partial charge in [0.1, 0.15) is 6.10 Å². The number of benzene rings is 1. The number of carboxylic acid groups (broad SMARTS) is 1. The zero-order valence-corrected chi connectivity index (χ0v) is 11.8. The first-order valence-corrected chi connectivity index (χ1v) is 7.02. The summed E-state index contributed by atoms with van der Waals surface area (Å²) < 4.78 is 5.46. The molecule has 0 bridgehead atoms. The lowest BCUT2D eigenvalue weighted by Crippen LogP contribution is -2.49. The van der Waals surface area contributed by atoms with E-state index in [1.807, 2.05) is 18.2 Å². The van der Waals surface area contributed by atoms with E-state index in [0.717, 1.165) is 13.1 Å². The molecule has 1 aliphatic heterocycles. The molecule has 1 aromatic carbocycles. The van der Waals surface area contributed by atoms with Gasteiger partial charge in [0.05, 0.1) is 13.0 Å². The fourth-order valence-corrected chi connectivity index (χ4v) is 2.25. The highest BCUT2D eigenvalue weighted by atomic mass is 16.5. The van der Waals surface area contributed by atoms with Crippen LogP contribution in [0.2, 0.25) is 0 Å². The highest BCUT2D eigenvalue weighted by Crippen LogP contribution is 2.10. The number of nitrogens with zero attached hydrogens (tertiary/aromatic N) is 1. The molecule has 0 saturated carbocycles. The van der Waals surface area contributed by atoms with E-state index < -0.39 is 12.1 Å². The number of amides is 1. The second kappa shape index (κ2) is 7.75. The molecular weight excluding hydrogens is 272 g/mol. The third kappa shape index (κ3) is 5.17. The molecular formula is C15H20N2O4. The molecule has 6 nitrogen and oxygen atoms in total. The Morgan fingerprint density at radius 1 is 1.33 bits per heavy atom. The topological polar surface area (TPSA) is 78.9 Å². The Kier molecular flexibility index (Phi) is 5.71. The Bertz CT molecular complexity index is 478. The third-order valence-corrected chi connectivity index (χ3v) is 3.33. The number of morpholine rings is 1. The van der Waals surface area contributed by atoms with Gasteiger partial charge >= 0.3 is 5.97 Å². The standard InChI is InChI=1S/C15H20N2O4/c18-14(19)6-7-16-15(20)13-11-17(8-9-21-13)10-12-4-2-1-3-5-12/h1-5,13H,6-11H2,(H,16,20)(H,18,19). The average Bonchev–Trinajstić information content (AvgIpc) is 2.48. The summed E-state index contributed by atoms with van der Waals surface area (Å²) in [6.45, 7) is 2.72. The minimum absolute atomic E-state index is 0.0772. The second-order valence-electron chi connectivity index (χ2n) is 5.01. The smallest absolute Gasteiger partial charge is 0.305 e. The molecule has 1 aromatic rings. The second-order valence-corrected chi connectivity index (χ2v) is 5.01. The number of hydrogen-bond acceptors (Lipinski definition) is 4. The first-order chi connectivity index (χ1) is 10.1. The van der Waals surface area contributed by atoms with Gasteiger partial charge in [-0.1, -0.05) is 30.3 Å². The summed E-state index contributed by atoms with van der Waals surface area (Å²) in [6.07, 6.45) is -0.608. The van der Waals surface area contributed by atoms with Gasteiger partial charge in [0.25, 0.3) is 0 Å². The highest BCUT2D eigenvalue weighted by Gasteiger charge is 2.26. The molecule has 0 aliphatic carbocycles. The summed E-state index contributed by atoms with van der Waals surface area (Å²) >= 11 is 0. The molecule has 1 atom stereocenters. The maximum absolute atomic E-state index is 11.9. The Morgan fingerprint density at radius 3 is 2.81 bits per heavy atom. The minimum atomic E-state index is -0.925. The first kappa shape index (κ1) is 15.5. The van der Waals surface area contributed by atoms with Gasteiger partial charge in [-0.3, -0.25) is 14.5 Å². The van der Waals surface area contributed by atoms with Gasteiger partial charge in [-0.15, -0.1) is 0 Å². The number of carboxylic acids is 1. The lowest BCUT2D eigenvalue weighted by Gasteiger charge is -2.32. The highest BCUT2D eigenvalue weighted by molar-refractivity contribution is 5.81. The molecule has 1 saturated heterocycles. The van der Waals surface area contributed by atoms with Crippen LogP contribution in [0, 0.1) is 0 Å². The Morgan fingerprint density at radius 2 is 2.10 bits per heavy atom. The van der Waals surface area contributed by atoms with E-state index in [1.54, 1.807) is 0 Å². The quantitative estimate of drug-likeness (QED) is 0.797. The van der Waals surface area contributed by atoms with E-state index >= 15 is 0 Å². The van der Waals surface area contributed by atoms with Crippen LogP contribution in [0.4, 0.5) is 0 Å². The van der Waals surface area contributed by atoms with Crippen molar-refractivity contribution in [3.63, 3.8) is 0 Å². The van der Waals surface area contributed by atoms with Gasteiger partial charge in [0.2, 0.25) is 5.91 Å². The van der Waals surface area contributed by atoms with E-state index in [0.29, 0.717) is 13.2 Å². The molecule has 6 heteroatoms. The molecule has 21 heavy (non-hydrogen) atoms. The Balaban J connectivity index is 1.80. The molecule has 2 N–H and O–H groups in total. The SMILES string of the molecule is O=C(O)CCNC(=O)C1CN(Cc2ccccc2)CCO1. The zero-order valence-electron chi connectivity index (χ0n) is 11.8. The molecule has 1 unspecified atom stereocenters. The number of rotatable bonds is 6. The van der Waals surface area contributed by atoms with Crippen molar-refractivity contribution in [2.75, 3.05) is 26.2 Å². The number of ether oxygens (including phenoxy) is 1. The van der Waals surface area contributed by atoms with Gasteiger partial charge in [-0.2, -0.15) is 0 Å². The molecule has 0 spiro atoms. The van der Waals surface area contributed by atoms with Gasteiger partial charge < -0.3 is 15.2 Å². The number of carbonyl (C=O) groups is 2. The van der Waals surface area contributed by atoms with E-state index in [2.05, 4.69) is 22.3 Å². The minimum Gasteiger partial charge on any atom is -0.481 e. The summed E-state index contributed by atoms with van der Waals surface area (Å²) in [4.78, 5) is 24.5. The summed E-state index contributed by atoms with van der Waals surface area (Å²) in [7, 11) is 0. The zero-order chi connectivity index (χ0) is 15.1. The van der Waals surface area contributed by atoms with Crippen molar-refractivity contribution in [1.82, 2.24) is 10.2 Å². The molecule has 1 amide bonds. The van der Waals surface area contributed by atoms with E-state index in [4.69, 9.17) is 9.84 Å². The van der Waals surface area contributed by atoms with Crippen molar-refractivity contribution in [3.8, 4) is 0 Å². The molecule has 1 fully saturated rings. The van der Waals surface area contributed by atoms with Crippen molar-refractivity contribution in [2.24, 2.45) is 0 Å². The van der Waals surface area contributed by atoms with Gasteiger partial charge in [0, 0.05) is 26.2 Å². The van der Waals surface area contributed by atoms with E-state index in [9.17, 15) is 9.59 Å². The van der Waals surface area contributed by atoms with Crippen LogP contribution in [-0.2, 0) is 20.9 Å². The van der Waals surface area contributed by atoms with Crippen molar-refractivity contribution in [2.45, 2.75) is 19.1 Å². The predicted octanol–water partition coefficient (Wildman–Crippen LogP) is 0.478. The summed E-state index contributed by atoms with van der Waals surface area (Å²) in [5.74, 6) is -1.17. The fourth-order valence-electron chi connectivity index (χ4n) is 2.25. The number of nitrogens with one attached hydrogen (secondary N) is 1. The summed E-state index contributed by atoms with van der Waals surface area (Å²) in [5, 5.41) is 11.1. The molecule has 114 valence electrons. The summed E-state index contributed by atoms with van der Waals surface area (Å²) in [6, 6.07) is 10.1. The maximum Gasteiger partial charge on any atom is 0.305 e. The lowest BCUT2D eigenvalue weighted by molar-refractivity contribution is -0.139. The van der Waals surface area contributed by atoms with Crippen LogP contribution in [-0.4, -0.2) is 54.2 Å². The maximum atomic E-state index is 11.9. The van der Waals surface area contributed by atoms with Crippen LogP contribution in [0.1, 0.15) is 12.0 Å². The largest absolute Gasteiger partial charge is 0.481 e. The van der Waals surface area contributed by atoms with Crippen LogP contribution in [0.15, 0.2) is 30.3 Å². The normalized spacial score (nSPS) is 19.1. The predicted molar refractivity (Wildman–Crippen MR) is 76.7 cm³/mol. The van der Waals surface area contributed by atoms with Crippen LogP contribution in [0.3, 0.4) is 0 Å².